The van der Waals surface area contributed by atoms with Crippen molar-refractivity contribution in [3.05, 3.63) is 17.7 Å². The van der Waals surface area contributed by atoms with E-state index in [4.69, 9.17) is 0 Å². The average molecular weight is 303 g/mol. The predicted octanol–water partition coefficient (Wildman–Crippen LogP) is 3.23. The third-order valence-corrected chi connectivity index (χ3v) is 5.15. The number of nitrogens with one attached hydrogen (secondary N) is 1. The fraction of sp³-hybridized carbons (Fsp3) is 0.778. The van der Waals surface area contributed by atoms with Crippen LogP contribution in [0.25, 0.3) is 0 Å². The van der Waals surface area contributed by atoms with Crippen molar-refractivity contribution in [3.63, 3.8) is 0 Å². The van der Waals surface area contributed by atoms with Gasteiger partial charge < -0.3 is 9.88 Å². The second-order valence-electron chi connectivity index (χ2n) is 7.18. The highest BCUT2D eigenvalue weighted by atomic mass is 16.1. The highest BCUT2D eigenvalue weighted by Crippen LogP contribution is 2.31. The van der Waals surface area contributed by atoms with Gasteiger partial charge in [-0.1, -0.05) is 19.3 Å². The summed E-state index contributed by atoms with van der Waals surface area (Å²) in [6, 6.07) is 0. The van der Waals surface area contributed by atoms with Crippen LogP contribution < -0.4 is 5.32 Å². The van der Waals surface area contributed by atoms with Crippen molar-refractivity contribution in [2.45, 2.75) is 71.3 Å². The standard InChI is InChI=1S/C18H29N3O/c1-14-12-20-17(21(14)13-16-7-8-16)9-10-19-18(22)11-15-5-3-2-4-6-15/h12,15-16H,2-11,13H2,1H3,(H,19,22). The Morgan fingerprint density at radius 2 is 2.00 bits per heavy atom. The maximum atomic E-state index is 12.0. The van der Waals surface area contributed by atoms with Crippen LogP contribution in [0.5, 0.6) is 0 Å². The number of amides is 1. The van der Waals surface area contributed by atoms with Crippen LogP contribution in [0.4, 0.5) is 0 Å². The summed E-state index contributed by atoms with van der Waals surface area (Å²) in [5.41, 5.74) is 1.25. The van der Waals surface area contributed by atoms with E-state index in [1.165, 1.54) is 50.6 Å². The zero-order chi connectivity index (χ0) is 15.4. The molecular formula is C18H29N3O. The molecule has 1 heterocycles. The Bertz CT molecular complexity index is 498. The maximum absolute atomic E-state index is 12.0. The molecule has 4 heteroatoms. The molecule has 1 aromatic rings. The number of hydrogen-bond donors (Lipinski definition) is 1. The molecule has 2 fully saturated rings. The third kappa shape index (κ3) is 4.34. The fourth-order valence-electron chi connectivity index (χ4n) is 3.56. The van der Waals surface area contributed by atoms with Crippen LogP contribution in [0.3, 0.4) is 0 Å². The van der Waals surface area contributed by atoms with Gasteiger partial charge in [0.1, 0.15) is 5.82 Å². The minimum atomic E-state index is 0.226. The molecule has 0 aromatic carbocycles. The summed E-state index contributed by atoms with van der Waals surface area (Å²) in [6.45, 7) is 3.95. The monoisotopic (exact) mass is 303 g/mol. The number of aromatic nitrogens is 2. The summed E-state index contributed by atoms with van der Waals surface area (Å²) in [4.78, 5) is 16.6. The van der Waals surface area contributed by atoms with Gasteiger partial charge in [-0.05, 0) is 44.4 Å². The number of aryl methyl sites for hydroxylation is 1. The highest BCUT2D eigenvalue weighted by Gasteiger charge is 2.23. The number of carbonyl (C=O) groups excluding carboxylic acids is 1. The number of nitrogens with zero attached hydrogens (tertiary/aromatic N) is 2. The molecule has 0 bridgehead atoms. The molecule has 1 N–H and O–H groups in total. The van der Waals surface area contributed by atoms with E-state index in [0.29, 0.717) is 12.5 Å². The minimum Gasteiger partial charge on any atom is -0.356 e. The Kier molecular flexibility index (Phi) is 5.16. The fourth-order valence-corrected chi connectivity index (χ4v) is 3.56. The summed E-state index contributed by atoms with van der Waals surface area (Å²) >= 11 is 0. The van der Waals surface area contributed by atoms with Crippen molar-refractivity contribution in [2.24, 2.45) is 11.8 Å². The van der Waals surface area contributed by atoms with Crippen molar-refractivity contribution in [1.29, 1.82) is 0 Å². The third-order valence-electron chi connectivity index (χ3n) is 5.15. The molecule has 3 rings (SSSR count). The zero-order valence-corrected chi connectivity index (χ0v) is 13.8. The zero-order valence-electron chi connectivity index (χ0n) is 13.8. The molecular weight excluding hydrogens is 274 g/mol. The number of rotatable bonds is 7. The summed E-state index contributed by atoms with van der Waals surface area (Å²) < 4.78 is 2.34. The van der Waals surface area contributed by atoms with Gasteiger partial charge in [-0.3, -0.25) is 4.79 Å². The van der Waals surface area contributed by atoms with Crippen LogP contribution in [0.15, 0.2) is 6.20 Å². The summed E-state index contributed by atoms with van der Waals surface area (Å²) in [7, 11) is 0. The summed E-state index contributed by atoms with van der Waals surface area (Å²) in [5, 5.41) is 3.09. The summed E-state index contributed by atoms with van der Waals surface area (Å²) in [5.74, 6) is 2.83. The van der Waals surface area contributed by atoms with Crippen LogP contribution in [-0.2, 0) is 17.8 Å². The van der Waals surface area contributed by atoms with E-state index < -0.39 is 0 Å². The van der Waals surface area contributed by atoms with E-state index in [1.807, 2.05) is 6.20 Å². The highest BCUT2D eigenvalue weighted by molar-refractivity contribution is 5.76. The minimum absolute atomic E-state index is 0.226. The van der Waals surface area contributed by atoms with E-state index in [1.54, 1.807) is 0 Å². The van der Waals surface area contributed by atoms with Gasteiger partial charge >= 0.3 is 0 Å². The number of imidazole rings is 1. The molecule has 0 atom stereocenters. The van der Waals surface area contributed by atoms with Crippen LogP contribution in [0.2, 0.25) is 0 Å². The van der Waals surface area contributed by atoms with Crippen molar-refractivity contribution < 1.29 is 4.79 Å². The largest absolute Gasteiger partial charge is 0.356 e. The van der Waals surface area contributed by atoms with Gasteiger partial charge in [0.15, 0.2) is 0 Å². The Balaban J connectivity index is 1.41. The van der Waals surface area contributed by atoms with E-state index in [-0.39, 0.29) is 5.91 Å². The molecule has 1 aromatic heterocycles. The molecule has 0 radical (unpaired) electrons. The van der Waals surface area contributed by atoms with Crippen LogP contribution in [-0.4, -0.2) is 22.0 Å². The molecule has 2 aliphatic carbocycles. The van der Waals surface area contributed by atoms with Crippen molar-refractivity contribution in [3.8, 4) is 0 Å². The Hall–Kier alpha value is -1.32. The van der Waals surface area contributed by atoms with Gasteiger partial charge in [-0.25, -0.2) is 4.98 Å². The molecule has 122 valence electrons. The van der Waals surface area contributed by atoms with Crippen molar-refractivity contribution >= 4 is 5.91 Å². The molecule has 0 aliphatic heterocycles. The predicted molar refractivity (Wildman–Crippen MR) is 87.6 cm³/mol. The van der Waals surface area contributed by atoms with Gasteiger partial charge in [0.05, 0.1) is 0 Å². The Morgan fingerprint density at radius 1 is 1.23 bits per heavy atom. The molecule has 2 saturated carbocycles. The Labute approximate surface area is 133 Å². The van der Waals surface area contributed by atoms with E-state index in [9.17, 15) is 4.79 Å². The second-order valence-corrected chi connectivity index (χ2v) is 7.18. The van der Waals surface area contributed by atoms with Crippen molar-refractivity contribution in [1.82, 2.24) is 14.9 Å². The average Bonchev–Trinajstić information content (AvgIpc) is 3.27. The van der Waals surface area contributed by atoms with Gasteiger partial charge in [0.25, 0.3) is 0 Å². The van der Waals surface area contributed by atoms with Gasteiger partial charge in [0, 0.05) is 37.8 Å². The van der Waals surface area contributed by atoms with Gasteiger partial charge in [-0.15, -0.1) is 0 Å². The second kappa shape index (κ2) is 7.30. The first kappa shape index (κ1) is 15.6. The summed E-state index contributed by atoms with van der Waals surface area (Å²) in [6.07, 6.45) is 12.7. The van der Waals surface area contributed by atoms with Gasteiger partial charge in [0.2, 0.25) is 5.91 Å². The maximum Gasteiger partial charge on any atom is 0.220 e. The smallest absolute Gasteiger partial charge is 0.220 e. The van der Waals surface area contributed by atoms with E-state index in [2.05, 4.69) is 21.8 Å². The van der Waals surface area contributed by atoms with Crippen LogP contribution >= 0.6 is 0 Å². The lowest BCUT2D eigenvalue weighted by Gasteiger charge is -2.20. The lowest BCUT2D eigenvalue weighted by molar-refractivity contribution is -0.122. The topological polar surface area (TPSA) is 46.9 Å². The van der Waals surface area contributed by atoms with Crippen molar-refractivity contribution in [2.75, 3.05) is 6.54 Å². The Morgan fingerprint density at radius 3 is 2.73 bits per heavy atom. The van der Waals surface area contributed by atoms with Gasteiger partial charge in [-0.2, -0.15) is 0 Å². The normalized spacial score (nSPS) is 19.3. The quantitative estimate of drug-likeness (QED) is 0.840. The molecule has 0 spiro atoms. The first-order chi connectivity index (χ1) is 10.7. The molecule has 4 nitrogen and oxygen atoms in total. The number of carbonyl (C=O) groups is 1. The molecule has 2 aliphatic rings. The lowest BCUT2D eigenvalue weighted by atomic mass is 9.87. The molecule has 0 unspecified atom stereocenters. The van der Waals surface area contributed by atoms with Crippen LogP contribution in [0, 0.1) is 18.8 Å². The van der Waals surface area contributed by atoms with E-state index in [0.717, 1.165) is 31.1 Å². The first-order valence-corrected chi connectivity index (χ1v) is 9.00. The molecule has 1 amide bonds. The first-order valence-electron chi connectivity index (χ1n) is 9.00. The van der Waals surface area contributed by atoms with Crippen LogP contribution in [0.1, 0.15) is 62.9 Å². The number of hydrogen-bond acceptors (Lipinski definition) is 2. The lowest BCUT2D eigenvalue weighted by Crippen LogP contribution is -2.28. The molecule has 0 saturated heterocycles. The van der Waals surface area contributed by atoms with E-state index >= 15 is 0 Å². The molecule has 22 heavy (non-hydrogen) atoms. The SMILES string of the molecule is Cc1cnc(CCNC(=O)CC2CCCCC2)n1CC1CC1.